The van der Waals surface area contributed by atoms with Crippen LogP contribution in [0.4, 0.5) is 5.82 Å². The van der Waals surface area contributed by atoms with Crippen molar-refractivity contribution in [2.24, 2.45) is 0 Å². The number of aliphatic hydroxyl groups excluding tert-OH is 1. The summed E-state index contributed by atoms with van der Waals surface area (Å²) in [6, 6.07) is 15.2. The number of nitrogens with zero attached hydrogens (tertiary/aromatic N) is 2. The molecule has 2 aromatic carbocycles. The lowest BCUT2D eigenvalue weighted by atomic mass is 9.93. The third-order valence-corrected chi connectivity index (χ3v) is 5.73. The SMILES string of the molecule is Cc1cc(N2C(=O)C(=O)C(=C(O)c3ccc(OC(C)C)cc3)C2c2ccc(C(C)C)cc2)no1. The molecule has 2 heterocycles. The van der Waals surface area contributed by atoms with Crippen LogP contribution in [0.5, 0.6) is 5.75 Å². The molecule has 7 nitrogen and oxygen atoms in total. The Hall–Kier alpha value is -3.87. The van der Waals surface area contributed by atoms with Crippen LogP contribution in [-0.4, -0.2) is 28.1 Å². The lowest BCUT2D eigenvalue weighted by molar-refractivity contribution is -0.132. The van der Waals surface area contributed by atoms with Crippen molar-refractivity contribution < 1.29 is 24.0 Å². The van der Waals surface area contributed by atoms with Gasteiger partial charge in [0, 0.05) is 11.6 Å². The number of ether oxygens (including phenoxy) is 1. The van der Waals surface area contributed by atoms with Crippen LogP contribution in [0.15, 0.2) is 64.7 Å². The van der Waals surface area contributed by atoms with Gasteiger partial charge in [0.25, 0.3) is 5.78 Å². The number of carbonyl (C=O) groups excluding carboxylic acids is 2. The molecule has 0 aliphatic carbocycles. The molecule has 176 valence electrons. The second-order valence-corrected chi connectivity index (χ2v) is 8.98. The Labute approximate surface area is 198 Å². The first kappa shape index (κ1) is 23.3. The van der Waals surface area contributed by atoms with Crippen LogP contribution in [-0.2, 0) is 9.59 Å². The van der Waals surface area contributed by atoms with Gasteiger partial charge in [0.1, 0.15) is 17.3 Å². The zero-order chi connectivity index (χ0) is 24.6. The molecular weight excluding hydrogens is 432 g/mol. The van der Waals surface area contributed by atoms with Gasteiger partial charge in [0.2, 0.25) is 0 Å². The number of rotatable bonds is 6. The van der Waals surface area contributed by atoms with E-state index in [0.717, 1.165) is 5.56 Å². The minimum atomic E-state index is -0.850. The Kier molecular flexibility index (Phi) is 6.28. The normalized spacial score (nSPS) is 17.7. The Bertz CT molecular complexity index is 1240. The fourth-order valence-corrected chi connectivity index (χ4v) is 4.03. The Morgan fingerprint density at radius 1 is 1.03 bits per heavy atom. The Morgan fingerprint density at radius 2 is 1.68 bits per heavy atom. The molecule has 0 bridgehead atoms. The second kappa shape index (κ2) is 9.17. The van der Waals surface area contributed by atoms with Crippen molar-refractivity contribution in [2.75, 3.05) is 4.90 Å². The summed E-state index contributed by atoms with van der Waals surface area (Å²) in [6.45, 7) is 9.73. The quantitative estimate of drug-likeness (QED) is 0.296. The molecule has 4 rings (SSSR count). The minimum Gasteiger partial charge on any atom is -0.507 e. The molecule has 1 unspecified atom stereocenters. The topological polar surface area (TPSA) is 92.9 Å². The molecule has 1 amide bonds. The smallest absolute Gasteiger partial charge is 0.301 e. The van der Waals surface area contributed by atoms with Gasteiger partial charge in [-0.3, -0.25) is 14.5 Å². The van der Waals surface area contributed by atoms with Gasteiger partial charge < -0.3 is 14.4 Å². The molecule has 0 saturated carbocycles. The van der Waals surface area contributed by atoms with Crippen LogP contribution in [0.1, 0.15) is 62.1 Å². The molecule has 34 heavy (non-hydrogen) atoms. The van der Waals surface area contributed by atoms with Crippen molar-refractivity contribution in [3.8, 4) is 5.75 Å². The number of anilines is 1. The molecule has 0 spiro atoms. The number of aliphatic hydroxyl groups is 1. The van der Waals surface area contributed by atoms with Gasteiger partial charge in [-0.2, -0.15) is 0 Å². The maximum absolute atomic E-state index is 13.2. The summed E-state index contributed by atoms with van der Waals surface area (Å²) in [4.78, 5) is 27.6. The van der Waals surface area contributed by atoms with E-state index >= 15 is 0 Å². The average Bonchev–Trinajstić information content (AvgIpc) is 3.34. The van der Waals surface area contributed by atoms with Crippen LogP contribution in [0, 0.1) is 6.92 Å². The molecule has 1 atom stereocenters. The van der Waals surface area contributed by atoms with E-state index < -0.39 is 17.7 Å². The van der Waals surface area contributed by atoms with Gasteiger partial charge >= 0.3 is 5.91 Å². The molecule has 1 aliphatic heterocycles. The van der Waals surface area contributed by atoms with Crippen LogP contribution in [0.2, 0.25) is 0 Å². The van der Waals surface area contributed by atoms with E-state index in [2.05, 4.69) is 19.0 Å². The number of aromatic nitrogens is 1. The van der Waals surface area contributed by atoms with E-state index in [1.54, 1.807) is 37.3 Å². The zero-order valence-electron chi connectivity index (χ0n) is 19.9. The van der Waals surface area contributed by atoms with Crippen molar-refractivity contribution in [1.29, 1.82) is 0 Å². The van der Waals surface area contributed by atoms with Crippen LogP contribution in [0.25, 0.3) is 5.76 Å². The van der Waals surface area contributed by atoms with Crippen molar-refractivity contribution in [3.05, 3.63) is 82.6 Å². The van der Waals surface area contributed by atoms with Gasteiger partial charge in [0.15, 0.2) is 5.82 Å². The standard InChI is InChI=1S/C27H28N2O5/c1-15(2)18-6-8-19(9-7-18)24-23(25(30)20-10-12-21(13-11-20)33-16(3)4)26(31)27(32)29(24)22-14-17(5)34-28-22/h6-16,24,30H,1-5H3. The molecule has 1 aromatic heterocycles. The lowest BCUT2D eigenvalue weighted by Gasteiger charge is -2.23. The summed E-state index contributed by atoms with van der Waals surface area (Å²) in [5.41, 5.74) is 2.22. The lowest BCUT2D eigenvalue weighted by Crippen LogP contribution is -2.29. The van der Waals surface area contributed by atoms with Crippen LogP contribution >= 0.6 is 0 Å². The molecule has 1 aliphatic rings. The summed E-state index contributed by atoms with van der Waals surface area (Å²) < 4.78 is 10.8. The summed E-state index contributed by atoms with van der Waals surface area (Å²) in [7, 11) is 0. The van der Waals surface area contributed by atoms with Gasteiger partial charge in [-0.05, 0) is 62.1 Å². The van der Waals surface area contributed by atoms with Crippen molar-refractivity contribution >= 4 is 23.3 Å². The van der Waals surface area contributed by atoms with Crippen molar-refractivity contribution in [3.63, 3.8) is 0 Å². The maximum atomic E-state index is 13.2. The predicted molar refractivity (Wildman–Crippen MR) is 129 cm³/mol. The second-order valence-electron chi connectivity index (χ2n) is 8.98. The molecule has 0 radical (unpaired) electrons. The van der Waals surface area contributed by atoms with Gasteiger partial charge in [-0.25, -0.2) is 0 Å². The highest BCUT2D eigenvalue weighted by atomic mass is 16.5. The summed E-state index contributed by atoms with van der Waals surface area (Å²) in [5.74, 6) is -0.110. The largest absolute Gasteiger partial charge is 0.507 e. The predicted octanol–water partition coefficient (Wildman–Crippen LogP) is 5.52. The van der Waals surface area contributed by atoms with Crippen molar-refractivity contribution in [2.45, 2.75) is 52.7 Å². The highest BCUT2D eigenvalue weighted by Crippen LogP contribution is 2.42. The number of benzene rings is 2. The number of amides is 1. The number of ketones is 1. The Balaban J connectivity index is 1.84. The average molecular weight is 461 g/mol. The van der Waals surface area contributed by atoms with Gasteiger partial charge in [-0.15, -0.1) is 0 Å². The third kappa shape index (κ3) is 4.33. The van der Waals surface area contributed by atoms with Crippen LogP contribution in [0.3, 0.4) is 0 Å². The first-order valence-corrected chi connectivity index (χ1v) is 11.3. The summed E-state index contributed by atoms with van der Waals surface area (Å²) in [5, 5.41) is 15.2. The first-order valence-electron chi connectivity index (χ1n) is 11.3. The fourth-order valence-electron chi connectivity index (χ4n) is 4.03. The molecule has 3 aromatic rings. The van der Waals surface area contributed by atoms with E-state index in [1.807, 2.05) is 38.1 Å². The summed E-state index contributed by atoms with van der Waals surface area (Å²) >= 11 is 0. The van der Waals surface area contributed by atoms with E-state index in [4.69, 9.17) is 9.26 Å². The summed E-state index contributed by atoms with van der Waals surface area (Å²) in [6.07, 6.45) is 0.00417. The first-order chi connectivity index (χ1) is 16.2. The third-order valence-electron chi connectivity index (χ3n) is 5.73. The van der Waals surface area contributed by atoms with Crippen molar-refractivity contribution in [1.82, 2.24) is 5.16 Å². The van der Waals surface area contributed by atoms with E-state index in [1.165, 1.54) is 4.90 Å². The molecule has 1 N–H and O–H groups in total. The van der Waals surface area contributed by atoms with E-state index in [9.17, 15) is 14.7 Å². The fraction of sp³-hybridized carbons (Fsp3) is 0.296. The molecular formula is C27H28N2O5. The molecule has 7 heteroatoms. The Morgan fingerprint density at radius 3 is 2.21 bits per heavy atom. The highest BCUT2D eigenvalue weighted by molar-refractivity contribution is 6.51. The number of aryl methyl sites for hydroxylation is 1. The number of carbonyl (C=O) groups is 2. The monoisotopic (exact) mass is 460 g/mol. The zero-order valence-corrected chi connectivity index (χ0v) is 19.9. The minimum absolute atomic E-state index is 0.000443. The van der Waals surface area contributed by atoms with Gasteiger partial charge in [0.05, 0.1) is 17.7 Å². The van der Waals surface area contributed by atoms with E-state index in [-0.39, 0.29) is 23.3 Å². The molecule has 1 fully saturated rings. The number of hydrogen-bond acceptors (Lipinski definition) is 6. The van der Waals surface area contributed by atoms with Gasteiger partial charge in [-0.1, -0.05) is 43.3 Å². The highest BCUT2D eigenvalue weighted by Gasteiger charge is 2.48. The van der Waals surface area contributed by atoms with Crippen LogP contribution < -0.4 is 9.64 Å². The van der Waals surface area contributed by atoms with E-state index in [0.29, 0.717) is 28.6 Å². The maximum Gasteiger partial charge on any atom is 0.301 e. The number of hydrogen-bond donors (Lipinski definition) is 1. The molecule has 1 saturated heterocycles. The number of Topliss-reactive ketones (excluding diaryl/α,β-unsaturated/α-hetero) is 1.